The largest absolute Gasteiger partial charge is 1.00 e. The molecule has 7 nitrogen and oxygen atoms in total. The summed E-state index contributed by atoms with van der Waals surface area (Å²) in [5, 5.41) is 20.4. The second-order valence-electron chi connectivity index (χ2n) is 17.9. The van der Waals surface area contributed by atoms with Gasteiger partial charge in [-0.3, -0.25) is 4.18 Å². The Balaban J connectivity index is -0.000000416. The third-order valence-electron chi connectivity index (χ3n) is 11.7. The predicted molar refractivity (Wildman–Crippen MR) is 261 cm³/mol. The molecule has 1 rings (SSSR count). The maximum atomic E-state index is 11.9. The smallest absolute Gasteiger partial charge is 0.550 e. The SMILES string of the molecule is CCCCCCCCCCCCCCCCCC(=O)[O-].CCCCCCCCCCCCCCCCCC(=O)[O-].CCCCCCCCCCCCOS(=O)(=O)c1ccccc1.[Na+].[Na+]. The summed E-state index contributed by atoms with van der Waals surface area (Å²) >= 11 is 0. The zero-order valence-electron chi connectivity index (χ0n) is 43.1. The van der Waals surface area contributed by atoms with Crippen LogP contribution in [0.3, 0.4) is 0 Å². The standard InChI is InChI=1S/C18H30O3S.2C18H36O2.2Na/c1-2-3-4-5-6-7-8-9-10-14-17-21-22(19,20)18-15-12-11-13-16-18;2*1-2-3-4-5-6-7-8-9-10-11-12-13-14-15-16-17-18(19)20;;/h11-13,15-16H,2-10,14,17H2,1H3;2*2-17H2,1H3,(H,19,20);;/q;;;2*+1/p-2. The fourth-order valence-corrected chi connectivity index (χ4v) is 8.66. The molecule has 64 heavy (non-hydrogen) atoms. The summed E-state index contributed by atoms with van der Waals surface area (Å²) in [6.07, 6.45) is 52.0. The first-order valence-corrected chi connectivity index (χ1v) is 28.0. The van der Waals surface area contributed by atoms with E-state index in [1.165, 1.54) is 218 Å². The third kappa shape index (κ3) is 60.1. The second kappa shape index (κ2) is 59.2. The van der Waals surface area contributed by atoms with Gasteiger partial charge in [0.15, 0.2) is 0 Å². The van der Waals surface area contributed by atoms with Crippen molar-refractivity contribution in [2.45, 2.75) is 295 Å². The summed E-state index contributed by atoms with van der Waals surface area (Å²) in [5.74, 6) is -1.81. The molecule has 366 valence electrons. The van der Waals surface area contributed by atoms with Crippen LogP contribution in [0.25, 0.3) is 0 Å². The van der Waals surface area contributed by atoms with Crippen LogP contribution in [-0.4, -0.2) is 27.0 Å². The number of rotatable bonds is 45. The summed E-state index contributed by atoms with van der Waals surface area (Å²) in [5.41, 5.74) is 0. The summed E-state index contributed by atoms with van der Waals surface area (Å²) in [4.78, 5) is 20.7. The minimum Gasteiger partial charge on any atom is -0.550 e. The fourth-order valence-electron chi connectivity index (χ4n) is 7.69. The maximum absolute atomic E-state index is 11.9. The van der Waals surface area contributed by atoms with Gasteiger partial charge in [0, 0.05) is 11.9 Å². The Bertz CT molecular complexity index is 1110. The number of carboxylic acids is 2. The molecule has 0 saturated carbocycles. The van der Waals surface area contributed by atoms with Gasteiger partial charge >= 0.3 is 59.1 Å². The van der Waals surface area contributed by atoms with E-state index in [0.29, 0.717) is 0 Å². The first-order valence-electron chi connectivity index (χ1n) is 26.5. The Hall–Kier alpha value is 0.0700. The van der Waals surface area contributed by atoms with Gasteiger partial charge in [0.1, 0.15) is 0 Å². The molecular weight excluding hydrogens is 839 g/mol. The Morgan fingerprint density at radius 3 is 0.828 bits per heavy atom. The number of carboxylic acid groups (broad SMARTS) is 2. The van der Waals surface area contributed by atoms with Crippen LogP contribution in [0.2, 0.25) is 0 Å². The van der Waals surface area contributed by atoms with E-state index in [-0.39, 0.29) is 83.5 Å². The van der Waals surface area contributed by atoms with Crippen LogP contribution in [0.4, 0.5) is 0 Å². The van der Waals surface area contributed by atoms with Crippen LogP contribution in [0, 0.1) is 0 Å². The fraction of sp³-hybridized carbons (Fsp3) is 0.852. The van der Waals surface area contributed by atoms with E-state index in [9.17, 15) is 28.2 Å². The van der Waals surface area contributed by atoms with E-state index in [2.05, 4.69) is 20.8 Å². The van der Waals surface area contributed by atoms with Gasteiger partial charge in [-0.2, -0.15) is 8.42 Å². The quantitative estimate of drug-likeness (QED) is 0.0363. The van der Waals surface area contributed by atoms with Gasteiger partial charge in [0.05, 0.1) is 11.5 Å². The van der Waals surface area contributed by atoms with Crippen molar-refractivity contribution in [2.24, 2.45) is 0 Å². The van der Waals surface area contributed by atoms with Crippen LogP contribution < -0.4 is 69.3 Å². The van der Waals surface area contributed by atoms with Gasteiger partial charge in [-0.25, -0.2) is 0 Å². The van der Waals surface area contributed by atoms with Gasteiger partial charge in [0.2, 0.25) is 0 Å². The monoisotopic (exact) mass is 939 g/mol. The summed E-state index contributed by atoms with van der Waals surface area (Å²) in [7, 11) is -3.57. The molecule has 0 spiro atoms. The normalized spacial score (nSPS) is 10.8. The molecule has 0 N–H and O–H groups in total. The van der Waals surface area contributed by atoms with Crippen molar-refractivity contribution >= 4 is 22.1 Å². The van der Waals surface area contributed by atoms with E-state index in [1.807, 2.05) is 0 Å². The number of carbonyl (C=O) groups is 2. The van der Waals surface area contributed by atoms with Crippen molar-refractivity contribution in [1.29, 1.82) is 0 Å². The molecule has 0 heterocycles. The van der Waals surface area contributed by atoms with Gasteiger partial charge in [-0.15, -0.1) is 0 Å². The molecule has 0 aromatic heterocycles. The Kier molecular flexibility index (Phi) is 65.3. The molecule has 0 aliphatic heterocycles. The van der Waals surface area contributed by atoms with E-state index >= 15 is 0 Å². The Morgan fingerprint density at radius 1 is 0.375 bits per heavy atom. The molecule has 0 saturated heterocycles. The molecule has 0 bridgehead atoms. The third-order valence-corrected chi connectivity index (χ3v) is 13.1. The van der Waals surface area contributed by atoms with Crippen molar-refractivity contribution in [2.75, 3.05) is 6.61 Å². The van der Waals surface area contributed by atoms with Gasteiger partial charge < -0.3 is 19.8 Å². The topological polar surface area (TPSA) is 124 Å². The minimum atomic E-state index is -3.57. The first-order chi connectivity index (χ1) is 30.2. The summed E-state index contributed by atoms with van der Waals surface area (Å²) < 4.78 is 28.8. The number of aliphatic carboxylic acids is 2. The Morgan fingerprint density at radius 2 is 0.594 bits per heavy atom. The first kappa shape index (κ1) is 70.6. The zero-order valence-corrected chi connectivity index (χ0v) is 47.9. The van der Waals surface area contributed by atoms with Crippen LogP contribution in [0.1, 0.15) is 290 Å². The van der Waals surface area contributed by atoms with Crippen LogP contribution in [0.5, 0.6) is 0 Å². The van der Waals surface area contributed by atoms with Crippen molar-refractivity contribution in [3.8, 4) is 0 Å². The molecule has 10 heteroatoms. The van der Waals surface area contributed by atoms with Gasteiger partial charge in [-0.05, 0) is 44.2 Å². The van der Waals surface area contributed by atoms with Crippen molar-refractivity contribution in [1.82, 2.24) is 0 Å². The van der Waals surface area contributed by atoms with Crippen molar-refractivity contribution in [3.05, 3.63) is 30.3 Å². The summed E-state index contributed by atoms with van der Waals surface area (Å²) in [6.45, 7) is 7.06. The number of carbonyl (C=O) groups excluding carboxylic acids is 2. The molecule has 0 aliphatic rings. The van der Waals surface area contributed by atoms with E-state index in [1.54, 1.807) is 30.3 Å². The molecule has 0 aliphatic carbocycles. The van der Waals surface area contributed by atoms with E-state index in [0.717, 1.165) is 38.5 Å². The van der Waals surface area contributed by atoms with Crippen molar-refractivity contribution in [3.63, 3.8) is 0 Å². The van der Waals surface area contributed by atoms with Gasteiger partial charge in [-0.1, -0.05) is 277 Å². The van der Waals surface area contributed by atoms with Crippen LogP contribution in [-0.2, 0) is 23.9 Å². The van der Waals surface area contributed by atoms with Crippen LogP contribution in [0.15, 0.2) is 35.2 Å². The average molecular weight is 939 g/mol. The predicted octanol–water partition coefficient (Wildman–Crippen LogP) is 9.32. The molecular formula is C54H100Na2O7S. The van der Waals surface area contributed by atoms with Crippen molar-refractivity contribution < 1.29 is 91.5 Å². The molecule has 0 fully saturated rings. The number of hydrogen-bond donors (Lipinski definition) is 0. The molecule has 0 amide bonds. The van der Waals surface area contributed by atoms with E-state index < -0.39 is 22.1 Å². The van der Waals surface area contributed by atoms with E-state index in [4.69, 9.17) is 4.18 Å². The summed E-state index contributed by atoms with van der Waals surface area (Å²) in [6, 6.07) is 8.33. The Labute approximate surface area is 442 Å². The molecule has 1 aromatic carbocycles. The van der Waals surface area contributed by atoms with Gasteiger partial charge in [0.25, 0.3) is 10.1 Å². The molecule has 0 unspecified atom stereocenters. The van der Waals surface area contributed by atoms with Crippen LogP contribution >= 0.6 is 0 Å². The molecule has 0 atom stereocenters. The zero-order chi connectivity index (χ0) is 45.9. The average Bonchev–Trinajstić information content (AvgIpc) is 3.26. The number of benzene rings is 1. The second-order valence-corrected chi connectivity index (χ2v) is 19.5. The molecule has 0 radical (unpaired) electrons. The number of unbranched alkanes of at least 4 members (excludes halogenated alkanes) is 37. The molecule has 1 aromatic rings. The minimum absolute atomic E-state index is 0. The maximum Gasteiger partial charge on any atom is 1.00 e. The number of hydrogen-bond acceptors (Lipinski definition) is 7.